The van der Waals surface area contributed by atoms with E-state index < -0.39 is 18.7 Å². The van der Waals surface area contributed by atoms with Crippen molar-refractivity contribution in [3.05, 3.63) is 29.8 Å². The molecule has 1 atom stereocenters. The molecular weight excluding hydrogens is 245 g/mol. The molecule has 1 aromatic rings. The summed E-state index contributed by atoms with van der Waals surface area (Å²) in [7, 11) is 1.28. The lowest BCUT2D eigenvalue weighted by molar-refractivity contribution is -0.158. The predicted octanol–water partition coefficient (Wildman–Crippen LogP) is 4.12. The van der Waals surface area contributed by atoms with Crippen molar-refractivity contribution in [2.24, 2.45) is 0 Å². The van der Waals surface area contributed by atoms with E-state index in [2.05, 4.69) is 0 Å². The number of halogens is 3. The van der Waals surface area contributed by atoms with E-state index in [9.17, 15) is 13.2 Å². The molecule has 0 spiro atoms. The van der Waals surface area contributed by atoms with Crippen LogP contribution in [0.1, 0.15) is 31.4 Å². The maximum absolute atomic E-state index is 12.3. The Hall–Kier alpha value is -1.23. The van der Waals surface area contributed by atoms with Gasteiger partial charge in [-0.3, -0.25) is 0 Å². The summed E-state index contributed by atoms with van der Waals surface area (Å²) in [5, 5.41) is 0. The molecule has 0 saturated heterocycles. The smallest absolute Gasteiger partial charge is 0.391 e. The van der Waals surface area contributed by atoms with Crippen LogP contribution in [-0.4, -0.2) is 19.9 Å². The van der Waals surface area contributed by atoms with E-state index in [4.69, 9.17) is 9.47 Å². The van der Waals surface area contributed by atoms with Gasteiger partial charge in [0.15, 0.2) is 0 Å². The molecule has 102 valence electrons. The molecule has 1 aromatic carbocycles. The van der Waals surface area contributed by atoms with E-state index in [1.54, 1.807) is 24.3 Å². The van der Waals surface area contributed by atoms with Crippen LogP contribution < -0.4 is 4.74 Å². The Kier molecular flexibility index (Phi) is 5.47. The van der Waals surface area contributed by atoms with Crippen molar-refractivity contribution < 1.29 is 22.6 Å². The van der Waals surface area contributed by atoms with Gasteiger partial charge in [0.25, 0.3) is 0 Å². The standard InChI is InChI=1S/C13H17F3O2/c1-3-8-18-11-6-4-10(5-7-11)12(17-2)9-13(14,15)16/h4-7,12H,3,8-9H2,1-2H3. The van der Waals surface area contributed by atoms with E-state index in [1.807, 2.05) is 6.92 Å². The largest absolute Gasteiger partial charge is 0.494 e. The highest BCUT2D eigenvalue weighted by Gasteiger charge is 2.32. The average molecular weight is 262 g/mol. The first-order valence-electron chi connectivity index (χ1n) is 5.78. The van der Waals surface area contributed by atoms with Crippen LogP contribution in [0.25, 0.3) is 0 Å². The van der Waals surface area contributed by atoms with E-state index in [0.29, 0.717) is 17.9 Å². The number of hydrogen-bond acceptors (Lipinski definition) is 2. The lowest BCUT2D eigenvalue weighted by Gasteiger charge is -2.18. The van der Waals surface area contributed by atoms with E-state index in [-0.39, 0.29) is 0 Å². The molecule has 1 rings (SSSR count). The van der Waals surface area contributed by atoms with Gasteiger partial charge in [-0.15, -0.1) is 0 Å². The van der Waals surface area contributed by atoms with Crippen LogP contribution in [-0.2, 0) is 4.74 Å². The fourth-order valence-corrected chi connectivity index (χ4v) is 1.55. The zero-order valence-electron chi connectivity index (χ0n) is 10.5. The van der Waals surface area contributed by atoms with Crippen molar-refractivity contribution in [1.29, 1.82) is 0 Å². The third-order valence-corrected chi connectivity index (χ3v) is 2.43. The Labute approximate surface area is 105 Å². The number of hydrogen-bond donors (Lipinski definition) is 0. The lowest BCUT2D eigenvalue weighted by Crippen LogP contribution is -2.15. The Morgan fingerprint density at radius 1 is 1.17 bits per heavy atom. The molecule has 0 fully saturated rings. The zero-order valence-corrected chi connectivity index (χ0v) is 10.5. The molecule has 0 heterocycles. The average Bonchev–Trinajstić information content (AvgIpc) is 2.33. The molecule has 0 aromatic heterocycles. The van der Waals surface area contributed by atoms with E-state index in [1.165, 1.54) is 7.11 Å². The Morgan fingerprint density at radius 3 is 2.22 bits per heavy atom. The third kappa shape index (κ3) is 4.96. The first kappa shape index (κ1) is 14.8. The summed E-state index contributed by atoms with van der Waals surface area (Å²) < 4.78 is 47.2. The predicted molar refractivity (Wildman–Crippen MR) is 62.7 cm³/mol. The van der Waals surface area contributed by atoms with Gasteiger partial charge in [0.1, 0.15) is 5.75 Å². The molecule has 0 aliphatic carbocycles. The van der Waals surface area contributed by atoms with Crippen LogP contribution >= 0.6 is 0 Å². The molecule has 0 aliphatic rings. The Bertz CT molecular complexity index is 346. The van der Waals surface area contributed by atoms with Gasteiger partial charge < -0.3 is 9.47 Å². The van der Waals surface area contributed by atoms with Crippen LogP contribution in [0.5, 0.6) is 5.75 Å². The van der Waals surface area contributed by atoms with Crippen molar-refractivity contribution in [2.75, 3.05) is 13.7 Å². The minimum atomic E-state index is -4.24. The van der Waals surface area contributed by atoms with Crippen LogP contribution in [0.2, 0.25) is 0 Å². The maximum atomic E-state index is 12.3. The second-order valence-electron chi connectivity index (χ2n) is 3.96. The van der Waals surface area contributed by atoms with Gasteiger partial charge >= 0.3 is 6.18 Å². The number of alkyl halides is 3. The van der Waals surface area contributed by atoms with Crippen molar-refractivity contribution >= 4 is 0 Å². The monoisotopic (exact) mass is 262 g/mol. The first-order valence-corrected chi connectivity index (χ1v) is 5.78. The molecular formula is C13H17F3O2. The fourth-order valence-electron chi connectivity index (χ4n) is 1.55. The summed E-state index contributed by atoms with van der Waals surface area (Å²) >= 11 is 0. The molecule has 2 nitrogen and oxygen atoms in total. The van der Waals surface area contributed by atoms with Gasteiger partial charge in [0, 0.05) is 7.11 Å². The molecule has 0 aliphatic heterocycles. The van der Waals surface area contributed by atoms with Crippen molar-refractivity contribution in [3.8, 4) is 5.75 Å². The van der Waals surface area contributed by atoms with Crippen LogP contribution in [0.3, 0.4) is 0 Å². The van der Waals surface area contributed by atoms with E-state index >= 15 is 0 Å². The molecule has 0 saturated carbocycles. The van der Waals surface area contributed by atoms with Crippen molar-refractivity contribution in [2.45, 2.75) is 32.0 Å². The highest BCUT2D eigenvalue weighted by atomic mass is 19.4. The molecule has 0 amide bonds. The minimum Gasteiger partial charge on any atom is -0.494 e. The molecule has 0 bridgehead atoms. The fraction of sp³-hybridized carbons (Fsp3) is 0.538. The third-order valence-electron chi connectivity index (χ3n) is 2.43. The number of methoxy groups -OCH3 is 1. The molecule has 0 N–H and O–H groups in total. The van der Waals surface area contributed by atoms with Gasteiger partial charge in [-0.1, -0.05) is 19.1 Å². The molecule has 5 heteroatoms. The summed E-state index contributed by atoms with van der Waals surface area (Å²) in [6.07, 6.45) is -5.31. The normalized spacial score (nSPS) is 13.4. The molecule has 0 radical (unpaired) electrons. The summed E-state index contributed by atoms with van der Waals surface area (Å²) in [5.41, 5.74) is 0.499. The second kappa shape index (κ2) is 6.64. The quantitative estimate of drug-likeness (QED) is 0.768. The lowest BCUT2D eigenvalue weighted by atomic mass is 10.1. The second-order valence-corrected chi connectivity index (χ2v) is 3.96. The first-order chi connectivity index (χ1) is 8.46. The minimum absolute atomic E-state index is 0.499. The summed E-state index contributed by atoms with van der Waals surface area (Å²) in [6, 6.07) is 6.52. The molecule has 18 heavy (non-hydrogen) atoms. The van der Waals surface area contributed by atoms with Crippen LogP contribution in [0.4, 0.5) is 13.2 Å². The summed E-state index contributed by atoms with van der Waals surface area (Å²) in [5.74, 6) is 0.655. The topological polar surface area (TPSA) is 18.5 Å². The van der Waals surface area contributed by atoms with Gasteiger partial charge in [0.2, 0.25) is 0 Å². The van der Waals surface area contributed by atoms with Gasteiger partial charge in [-0.25, -0.2) is 0 Å². The van der Waals surface area contributed by atoms with Gasteiger partial charge in [-0.2, -0.15) is 13.2 Å². The SMILES string of the molecule is CCCOc1ccc(C(CC(F)(F)F)OC)cc1. The Morgan fingerprint density at radius 2 is 1.78 bits per heavy atom. The highest BCUT2D eigenvalue weighted by Crippen LogP contribution is 2.32. The van der Waals surface area contributed by atoms with E-state index in [0.717, 1.165) is 6.42 Å². The summed E-state index contributed by atoms with van der Waals surface area (Å²) in [6.45, 7) is 2.58. The van der Waals surface area contributed by atoms with Crippen LogP contribution in [0, 0.1) is 0 Å². The number of benzene rings is 1. The zero-order chi connectivity index (χ0) is 13.6. The van der Waals surface area contributed by atoms with Crippen molar-refractivity contribution in [1.82, 2.24) is 0 Å². The van der Waals surface area contributed by atoms with Gasteiger partial charge in [-0.05, 0) is 24.1 Å². The number of ether oxygens (including phenoxy) is 2. The van der Waals surface area contributed by atoms with Crippen LogP contribution in [0.15, 0.2) is 24.3 Å². The van der Waals surface area contributed by atoms with Crippen molar-refractivity contribution in [3.63, 3.8) is 0 Å². The maximum Gasteiger partial charge on any atom is 0.391 e. The highest BCUT2D eigenvalue weighted by molar-refractivity contribution is 5.28. The molecule has 1 unspecified atom stereocenters. The number of rotatable bonds is 6. The summed E-state index contributed by atoms with van der Waals surface area (Å²) in [4.78, 5) is 0. The van der Waals surface area contributed by atoms with Gasteiger partial charge in [0.05, 0.1) is 19.1 Å². The Balaban J connectivity index is 2.69.